The number of benzene rings is 1. The summed E-state index contributed by atoms with van der Waals surface area (Å²) in [5.41, 5.74) is 0.916. The van der Waals surface area contributed by atoms with Crippen molar-refractivity contribution in [3.05, 3.63) is 53.0 Å². The normalized spacial score (nSPS) is 21.5. The molecule has 3 amide bonds. The highest BCUT2D eigenvalue weighted by Crippen LogP contribution is 2.36. The molecule has 0 spiro atoms. The van der Waals surface area contributed by atoms with Gasteiger partial charge in [-0.15, -0.1) is 0 Å². The van der Waals surface area contributed by atoms with Gasteiger partial charge in [0.15, 0.2) is 0 Å². The molecule has 2 aliphatic rings. The molecule has 2 N–H and O–H groups in total. The maximum atomic E-state index is 12.8. The van der Waals surface area contributed by atoms with Crippen LogP contribution in [0.3, 0.4) is 0 Å². The summed E-state index contributed by atoms with van der Waals surface area (Å²) in [5, 5.41) is 18.2. The molecule has 3 rings (SSSR count). The molecule has 2 unspecified atom stereocenters. The van der Waals surface area contributed by atoms with Gasteiger partial charge in [-0.05, 0) is 11.6 Å². The van der Waals surface area contributed by atoms with Gasteiger partial charge < -0.3 is 10.2 Å². The van der Waals surface area contributed by atoms with Gasteiger partial charge in [-0.25, -0.2) is 4.79 Å². The smallest absolute Gasteiger partial charge is 0.327 e. The molecule has 0 radical (unpaired) electrons. The zero-order valence-electron chi connectivity index (χ0n) is 15.8. The molecule has 2 fully saturated rings. The van der Waals surface area contributed by atoms with Gasteiger partial charge in [0.25, 0.3) is 11.8 Å². The van der Waals surface area contributed by atoms with Gasteiger partial charge in [0, 0.05) is 0 Å². The van der Waals surface area contributed by atoms with E-state index < -0.39 is 54.6 Å². The first-order valence-electron chi connectivity index (χ1n) is 9.00. The monoisotopic (exact) mass is 460 g/mol. The average Bonchev–Trinajstić information content (AvgIpc) is 3.15. The number of carboxylic acid groups (broad SMARTS) is 2. The fourth-order valence-electron chi connectivity index (χ4n) is 3.19. The van der Waals surface area contributed by atoms with E-state index in [4.69, 9.17) is 17.3 Å². The SMILES string of the molecule is O=C(O)CC(C(=O)O)N1C(=O)CC(N2C(=O)C(=CC=Cc3ccccc3)SC2=S)C1=O. The van der Waals surface area contributed by atoms with Crippen LogP contribution in [0.1, 0.15) is 18.4 Å². The van der Waals surface area contributed by atoms with Crippen LogP contribution in [0.15, 0.2) is 47.4 Å². The Balaban J connectivity index is 1.79. The number of amides is 3. The maximum absolute atomic E-state index is 12.8. The molecule has 1 aromatic carbocycles. The van der Waals surface area contributed by atoms with Crippen LogP contribution in [0.2, 0.25) is 0 Å². The van der Waals surface area contributed by atoms with Crippen LogP contribution in [0, 0.1) is 0 Å². The van der Waals surface area contributed by atoms with E-state index in [1.807, 2.05) is 30.3 Å². The zero-order chi connectivity index (χ0) is 22.7. The third-order valence-electron chi connectivity index (χ3n) is 4.59. The Labute approximate surface area is 186 Å². The Morgan fingerprint density at radius 3 is 2.48 bits per heavy atom. The first kappa shape index (κ1) is 22.4. The second-order valence-corrected chi connectivity index (χ2v) is 8.29. The molecule has 11 heteroatoms. The number of aliphatic carboxylic acids is 2. The Morgan fingerprint density at radius 2 is 1.87 bits per heavy atom. The van der Waals surface area contributed by atoms with E-state index in [1.54, 1.807) is 12.2 Å². The van der Waals surface area contributed by atoms with Gasteiger partial charge in [-0.1, -0.05) is 66.5 Å². The van der Waals surface area contributed by atoms with Crippen LogP contribution in [0.4, 0.5) is 0 Å². The van der Waals surface area contributed by atoms with Gasteiger partial charge in [0.1, 0.15) is 16.4 Å². The predicted molar refractivity (Wildman–Crippen MR) is 115 cm³/mol. The predicted octanol–water partition coefficient (Wildman–Crippen LogP) is 1.50. The lowest BCUT2D eigenvalue weighted by molar-refractivity contribution is -0.158. The Morgan fingerprint density at radius 1 is 1.19 bits per heavy atom. The molecule has 31 heavy (non-hydrogen) atoms. The van der Waals surface area contributed by atoms with E-state index in [2.05, 4.69) is 0 Å². The number of carboxylic acids is 2. The number of nitrogens with zero attached hydrogens (tertiary/aromatic N) is 2. The summed E-state index contributed by atoms with van der Waals surface area (Å²) in [6, 6.07) is 6.19. The quantitative estimate of drug-likeness (QED) is 0.353. The summed E-state index contributed by atoms with van der Waals surface area (Å²) in [5.74, 6) is -5.51. The minimum Gasteiger partial charge on any atom is -0.481 e. The number of hydrogen-bond acceptors (Lipinski definition) is 7. The minimum atomic E-state index is -1.86. The molecule has 9 nitrogen and oxygen atoms in total. The zero-order valence-corrected chi connectivity index (χ0v) is 17.5. The minimum absolute atomic E-state index is 0.0578. The number of thiocarbonyl (C=S) groups is 1. The number of carbonyl (C=O) groups is 5. The molecule has 0 aromatic heterocycles. The highest BCUT2D eigenvalue weighted by Gasteiger charge is 2.51. The maximum Gasteiger partial charge on any atom is 0.327 e. The molecule has 0 bridgehead atoms. The van der Waals surface area contributed by atoms with Crippen LogP contribution in [-0.2, 0) is 24.0 Å². The summed E-state index contributed by atoms with van der Waals surface area (Å²) >= 11 is 6.16. The summed E-state index contributed by atoms with van der Waals surface area (Å²) in [4.78, 5) is 61.9. The second kappa shape index (κ2) is 9.23. The molecule has 2 aliphatic heterocycles. The van der Waals surface area contributed by atoms with Gasteiger partial charge in [0.05, 0.1) is 17.7 Å². The molecule has 2 heterocycles. The number of rotatable bonds is 7. The summed E-state index contributed by atoms with van der Waals surface area (Å²) in [6.45, 7) is 0. The molecule has 160 valence electrons. The lowest BCUT2D eigenvalue weighted by Crippen LogP contribution is -2.50. The van der Waals surface area contributed by atoms with Crippen LogP contribution in [0.5, 0.6) is 0 Å². The highest BCUT2D eigenvalue weighted by atomic mass is 32.2. The van der Waals surface area contributed by atoms with Crippen molar-refractivity contribution in [1.29, 1.82) is 0 Å². The number of allylic oxidation sites excluding steroid dienone is 2. The molecular formula is C20H16N2O7S2. The molecule has 2 atom stereocenters. The summed E-state index contributed by atoms with van der Waals surface area (Å²) in [6.07, 6.45) is 3.56. The molecule has 0 saturated carbocycles. The van der Waals surface area contributed by atoms with E-state index in [0.717, 1.165) is 22.2 Å². The first-order chi connectivity index (χ1) is 14.7. The summed E-state index contributed by atoms with van der Waals surface area (Å²) in [7, 11) is 0. The average molecular weight is 460 g/mol. The highest BCUT2D eigenvalue weighted by molar-refractivity contribution is 8.26. The second-order valence-electron chi connectivity index (χ2n) is 6.62. The Bertz CT molecular complexity index is 1040. The number of likely N-dealkylation sites (tertiary alicyclic amines) is 1. The van der Waals surface area contributed by atoms with Crippen LogP contribution in [-0.4, -0.2) is 66.1 Å². The third-order valence-corrected chi connectivity index (χ3v) is 5.94. The van der Waals surface area contributed by atoms with E-state index in [9.17, 15) is 29.1 Å². The van der Waals surface area contributed by atoms with Crippen LogP contribution >= 0.6 is 24.0 Å². The van der Waals surface area contributed by atoms with Gasteiger partial charge in [-0.3, -0.25) is 29.0 Å². The number of carbonyl (C=O) groups excluding carboxylic acids is 3. The fraction of sp³-hybridized carbons (Fsp3) is 0.200. The number of hydrogen-bond donors (Lipinski definition) is 2. The summed E-state index contributed by atoms with van der Waals surface area (Å²) < 4.78 is 0.0578. The third kappa shape index (κ3) is 4.72. The Kier molecular flexibility index (Phi) is 6.66. The van der Waals surface area contributed by atoms with Crippen molar-refractivity contribution in [2.75, 3.05) is 0 Å². The van der Waals surface area contributed by atoms with E-state index >= 15 is 0 Å². The fourth-order valence-corrected chi connectivity index (χ4v) is 4.50. The molecular weight excluding hydrogens is 444 g/mol. The molecule has 1 aromatic rings. The number of thioether (sulfide) groups is 1. The Hall–Kier alpha value is -3.31. The van der Waals surface area contributed by atoms with Gasteiger partial charge >= 0.3 is 11.9 Å². The van der Waals surface area contributed by atoms with Crippen molar-refractivity contribution < 1.29 is 34.2 Å². The van der Waals surface area contributed by atoms with Crippen molar-refractivity contribution in [3.63, 3.8) is 0 Å². The lowest BCUT2D eigenvalue weighted by Gasteiger charge is -2.24. The van der Waals surface area contributed by atoms with Crippen molar-refractivity contribution in [2.24, 2.45) is 0 Å². The molecule has 2 saturated heterocycles. The molecule has 0 aliphatic carbocycles. The first-order valence-corrected chi connectivity index (χ1v) is 10.2. The van der Waals surface area contributed by atoms with Gasteiger partial charge in [-0.2, -0.15) is 0 Å². The van der Waals surface area contributed by atoms with Crippen molar-refractivity contribution in [1.82, 2.24) is 9.80 Å². The van der Waals surface area contributed by atoms with E-state index in [1.165, 1.54) is 6.08 Å². The van der Waals surface area contributed by atoms with Crippen molar-refractivity contribution >= 4 is 64.0 Å². The van der Waals surface area contributed by atoms with Gasteiger partial charge in [0.2, 0.25) is 5.91 Å². The standard InChI is InChI=1S/C20H16N2O7S2/c23-15-9-12(17(26)21(15)13(19(28)29)10-16(24)25)22-18(27)14(31-20(22)30)8-4-7-11-5-2-1-3-6-11/h1-8,12-13H,9-10H2,(H,24,25)(H,28,29). The van der Waals surface area contributed by atoms with Crippen molar-refractivity contribution in [2.45, 2.75) is 24.9 Å². The van der Waals surface area contributed by atoms with Crippen molar-refractivity contribution in [3.8, 4) is 0 Å². The van der Waals surface area contributed by atoms with E-state index in [0.29, 0.717) is 4.90 Å². The van der Waals surface area contributed by atoms with Crippen LogP contribution in [0.25, 0.3) is 6.08 Å². The number of imide groups is 1. The lowest BCUT2D eigenvalue weighted by atomic mass is 10.2. The van der Waals surface area contributed by atoms with E-state index in [-0.39, 0.29) is 9.23 Å². The van der Waals surface area contributed by atoms with Crippen LogP contribution < -0.4 is 0 Å². The largest absolute Gasteiger partial charge is 0.481 e. The topological polar surface area (TPSA) is 132 Å².